The second-order valence-electron chi connectivity index (χ2n) is 4.28. The standard InChI is InChI=1S/C14H14F3NO2/c1-10-6-7-19-13(10)8-18-11-4-2-3-5-12(11)20-9-14(15,16)17/h2-7,18H,8-9H2,1H3. The van der Waals surface area contributed by atoms with Crippen molar-refractivity contribution in [1.29, 1.82) is 0 Å². The summed E-state index contributed by atoms with van der Waals surface area (Å²) in [4.78, 5) is 0. The van der Waals surface area contributed by atoms with Gasteiger partial charge in [0, 0.05) is 0 Å². The van der Waals surface area contributed by atoms with Crippen LogP contribution in [0.1, 0.15) is 11.3 Å². The Bertz CT molecular complexity index is 564. The highest BCUT2D eigenvalue weighted by Crippen LogP contribution is 2.27. The average Bonchev–Trinajstić information content (AvgIpc) is 2.79. The van der Waals surface area contributed by atoms with Gasteiger partial charge < -0.3 is 14.5 Å². The minimum absolute atomic E-state index is 0.161. The lowest BCUT2D eigenvalue weighted by Gasteiger charge is -2.14. The Kier molecular flexibility index (Phi) is 4.22. The third-order valence-corrected chi connectivity index (χ3v) is 2.69. The molecule has 0 unspecified atom stereocenters. The van der Waals surface area contributed by atoms with Crippen LogP contribution < -0.4 is 10.1 Å². The Labute approximate surface area is 114 Å². The number of anilines is 1. The zero-order valence-corrected chi connectivity index (χ0v) is 10.8. The maximum Gasteiger partial charge on any atom is 0.422 e. The van der Waals surface area contributed by atoms with Crippen molar-refractivity contribution in [2.75, 3.05) is 11.9 Å². The van der Waals surface area contributed by atoms with Gasteiger partial charge in [-0.15, -0.1) is 0 Å². The predicted octanol–water partition coefficient (Wildman–Crippen LogP) is 4.14. The van der Waals surface area contributed by atoms with Crippen LogP contribution in [-0.4, -0.2) is 12.8 Å². The number of alkyl halides is 3. The van der Waals surface area contributed by atoms with Gasteiger partial charge in [0.05, 0.1) is 18.5 Å². The van der Waals surface area contributed by atoms with Gasteiger partial charge in [0.2, 0.25) is 0 Å². The monoisotopic (exact) mass is 285 g/mol. The molecule has 0 aliphatic heterocycles. The molecule has 0 spiro atoms. The molecule has 1 heterocycles. The number of nitrogens with one attached hydrogen (secondary N) is 1. The summed E-state index contributed by atoms with van der Waals surface area (Å²) in [5, 5.41) is 3.01. The summed E-state index contributed by atoms with van der Waals surface area (Å²) in [5.41, 5.74) is 1.47. The topological polar surface area (TPSA) is 34.4 Å². The number of ether oxygens (including phenoxy) is 1. The molecule has 0 saturated heterocycles. The van der Waals surface area contributed by atoms with Gasteiger partial charge in [0.1, 0.15) is 11.5 Å². The Morgan fingerprint density at radius 1 is 1.20 bits per heavy atom. The maximum atomic E-state index is 12.2. The summed E-state index contributed by atoms with van der Waals surface area (Å²) in [6.45, 7) is 0.962. The summed E-state index contributed by atoms with van der Waals surface area (Å²) in [6.07, 6.45) is -2.79. The molecule has 1 N–H and O–H groups in total. The van der Waals surface area contributed by atoms with E-state index >= 15 is 0 Å². The van der Waals surface area contributed by atoms with Crippen LogP contribution in [0.5, 0.6) is 5.75 Å². The Balaban J connectivity index is 2.02. The van der Waals surface area contributed by atoms with Crippen molar-refractivity contribution in [3.8, 4) is 5.75 Å². The lowest BCUT2D eigenvalue weighted by Crippen LogP contribution is -2.19. The Morgan fingerprint density at radius 2 is 1.95 bits per heavy atom. The molecule has 0 saturated carbocycles. The minimum atomic E-state index is -4.36. The lowest BCUT2D eigenvalue weighted by atomic mass is 10.2. The van der Waals surface area contributed by atoms with E-state index < -0.39 is 12.8 Å². The van der Waals surface area contributed by atoms with E-state index in [0.717, 1.165) is 11.3 Å². The number of benzene rings is 1. The molecule has 0 atom stereocenters. The molecule has 0 fully saturated rings. The van der Waals surface area contributed by atoms with Gasteiger partial charge in [-0.2, -0.15) is 13.2 Å². The molecule has 20 heavy (non-hydrogen) atoms. The molecular weight excluding hydrogens is 271 g/mol. The van der Waals surface area contributed by atoms with E-state index in [1.807, 2.05) is 13.0 Å². The smallest absolute Gasteiger partial charge is 0.422 e. The number of para-hydroxylation sites is 2. The van der Waals surface area contributed by atoms with Crippen molar-refractivity contribution >= 4 is 5.69 Å². The van der Waals surface area contributed by atoms with E-state index in [9.17, 15) is 13.2 Å². The van der Waals surface area contributed by atoms with Crippen LogP contribution in [0, 0.1) is 6.92 Å². The van der Waals surface area contributed by atoms with Gasteiger partial charge in [0.15, 0.2) is 6.61 Å². The number of rotatable bonds is 5. The van der Waals surface area contributed by atoms with Crippen molar-refractivity contribution in [1.82, 2.24) is 0 Å². The fraction of sp³-hybridized carbons (Fsp3) is 0.286. The fourth-order valence-electron chi connectivity index (χ4n) is 1.66. The minimum Gasteiger partial charge on any atom is -0.482 e. The van der Waals surface area contributed by atoms with Crippen LogP contribution in [0.4, 0.5) is 18.9 Å². The summed E-state index contributed by atoms with van der Waals surface area (Å²) < 4.78 is 46.6. The number of hydrogen-bond donors (Lipinski definition) is 1. The quantitative estimate of drug-likeness (QED) is 0.896. The maximum absolute atomic E-state index is 12.2. The van der Waals surface area contributed by atoms with E-state index in [1.165, 1.54) is 6.07 Å². The SMILES string of the molecule is Cc1ccoc1CNc1ccccc1OCC(F)(F)F. The molecule has 0 aliphatic rings. The third-order valence-electron chi connectivity index (χ3n) is 2.69. The molecule has 1 aromatic carbocycles. The van der Waals surface area contributed by atoms with Crippen molar-refractivity contribution in [2.45, 2.75) is 19.6 Å². The van der Waals surface area contributed by atoms with E-state index in [4.69, 9.17) is 9.15 Å². The molecule has 0 radical (unpaired) electrons. The summed E-state index contributed by atoms with van der Waals surface area (Å²) in [5.74, 6) is 0.893. The molecular formula is C14H14F3NO2. The highest BCUT2D eigenvalue weighted by Gasteiger charge is 2.28. The lowest BCUT2D eigenvalue weighted by molar-refractivity contribution is -0.153. The van der Waals surface area contributed by atoms with Crippen LogP contribution in [0.15, 0.2) is 41.0 Å². The summed E-state index contributed by atoms with van der Waals surface area (Å²) in [6, 6.07) is 8.31. The predicted molar refractivity (Wildman–Crippen MR) is 68.8 cm³/mol. The number of furan rings is 1. The molecule has 3 nitrogen and oxygen atoms in total. The first-order valence-electron chi connectivity index (χ1n) is 6.01. The van der Waals surface area contributed by atoms with E-state index in [1.54, 1.807) is 24.5 Å². The van der Waals surface area contributed by atoms with Crippen LogP contribution in [0.3, 0.4) is 0 Å². The highest BCUT2D eigenvalue weighted by molar-refractivity contribution is 5.56. The van der Waals surface area contributed by atoms with E-state index in [-0.39, 0.29) is 5.75 Å². The number of hydrogen-bond acceptors (Lipinski definition) is 3. The van der Waals surface area contributed by atoms with Crippen LogP contribution in [0.25, 0.3) is 0 Å². The molecule has 6 heteroatoms. The second-order valence-corrected chi connectivity index (χ2v) is 4.28. The largest absolute Gasteiger partial charge is 0.482 e. The van der Waals surface area contributed by atoms with Crippen LogP contribution in [0.2, 0.25) is 0 Å². The van der Waals surface area contributed by atoms with Gasteiger partial charge in [-0.05, 0) is 30.7 Å². The normalized spacial score (nSPS) is 11.4. The van der Waals surface area contributed by atoms with Gasteiger partial charge in [0.25, 0.3) is 0 Å². The van der Waals surface area contributed by atoms with Gasteiger partial charge >= 0.3 is 6.18 Å². The molecule has 1 aromatic heterocycles. The Hall–Kier alpha value is -2.11. The van der Waals surface area contributed by atoms with Crippen molar-refractivity contribution in [3.63, 3.8) is 0 Å². The highest BCUT2D eigenvalue weighted by atomic mass is 19.4. The van der Waals surface area contributed by atoms with Crippen molar-refractivity contribution in [3.05, 3.63) is 47.9 Å². The Morgan fingerprint density at radius 3 is 2.60 bits per heavy atom. The zero-order chi connectivity index (χ0) is 14.6. The van der Waals surface area contributed by atoms with E-state index in [0.29, 0.717) is 12.2 Å². The number of aryl methyl sites for hydroxylation is 1. The molecule has 2 aromatic rings. The summed E-state index contributed by atoms with van der Waals surface area (Å²) in [7, 11) is 0. The summed E-state index contributed by atoms with van der Waals surface area (Å²) >= 11 is 0. The molecule has 0 bridgehead atoms. The van der Waals surface area contributed by atoms with Crippen molar-refractivity contribution < 1.29 is 22.3 Å². The van der Waals surface area contributed by atoms with Crippen LogP contribution in [-0.2, 0) is 6.54 Å². The third kappa shape index (κ3) is 3.94. The first-order chi connectivity index (χ1) is 9.46. The molecule has 0 amide bonds. The molecule has 0 aliphatic carbocycles. The molecule has 2 rings (SSSR count). The molecule has 108 valence electrons. The zero-order valence-electron chi connectivity index (χ0n) is 10.8. The first kappa shape index (κ1) is 14.3. The van der Waals surface area contributed by atoms with E-state index in [2.05, 4.69) is 5.32 Å². The van der Waals surface area contributed by atoms with Crippen LogP contribution >= 0.6 is 0 Å². The van der Waals surface area contributed by atoms with Gasteiger partial charge in [-0.3, -0.25) is 0 Å². The van der Waals surface area contributed by atoms with Gasteiger partial charge in [-0.1, -0.05) is 12.1 Å². The van der Waals surface area contributed by atoms with Gasteiger partial charge in [-0.25, -0.2) is 0 Å². The average molecular weight is 285 g/mol. The fourth-order valence-corrected chi connectivity index (χ4v) is 1.66. The van der Waals surface area contributed by atoms with Crippen molar-refractivity contribution in [2.24, 2.45) is 0 Å². The number of halogens is 3. The second kappa shape index (κ2) is 5.90. The first-order valence-corrected chi connectivity index (χ1v) is 6.01.